The van der Waals surface area contributed by atoms with Gasteiger partial charge in [-0.05, 0) is 43.3 Å². The lowest BCUT2D eigenvalue weighted by molar-refractivity contribution is -0.123. The van der Waals surface area contributed by atoms with Gasteiger partial charge in [-0.25, -0.2) is 4.79 Å². The summed E-state index contributed by atoms with van der Waals surface area (Å²) in [6.07, 6.45) is -1.08. The fraction of sp³-hybridized carbons (Fsp3) is 0.118. The highest BCUT2D eigenvalue weighted by molar-refractivity contribution is 6.44. The van der Waals surface area contributed by atoms with Crippen LogP contribution < -0.4 is 5.32 Å². The number of nitriles is 1. The van der Waals surface area contributed by atoms with Crippen LogP contribution in [-0.2, 0) is 9.53 Å². The third kappa shape index (κ3) is 4.86. The second-order valence-electron chi connectivity index (χ2n) is 4.97. The summed E-state index contributed by atoms with van der Waals surface area (Å²) in [6.45, 7) is 1.42. The van der Waals surface area contributed by atoms with Crippen molar-refractivity contribution in [2.75, 3.05) is 5.32 Å². The lowest BCUT2D eigenvalue weighted by Gasteiger charge is -2.14. The number of hydrogen-bond donors (Lipinski definition) is 1. The van der Waals surface area contributed by atoms with Crippen molar-refractivity contribution in [2.24, 2.45) is 0 Å². The Morgan fingerprint density at radius 3 is 2.28 bits per heavy atom. The Hall–Kier alpha value is -2.26. The van der Waals surface area contributed by atoms with Crippen molar-refractivity contribution >= 4 is 52.4 Å². The number of carbonyl (C=O) groups excluding carboxylic acids is 2. The van der Waals surface area contributed by atoms with Crippen molar-refractivity contribution in [3.8, 4) is 6.07 Å². The van der Waals surface area contributed by atoms with Crippen LogP contribution in [0.4, 0.5) is 5.69 Å². The highest BCUT2D eigenvalue weighted by atomic mass is 35.5. The van der Waals surface area contributed by atoms with Gasteiger partial charge in [0.15, 0.2) is 6.10 Å². The van der Waals surface area contributed by atoms with Gasteiger partial charge < -0.3 is 10.1 Å². The smallest absolute Gasteiger partial charge is 0.338 e. The van der Waals surface area contributed by atoms with E-state index in [-0.39, 0.29) is 26.3 Å². The molecule has 0 aliphatic rings. The number of anilines is 1. The van der Waals surface area contributed by atoms with Crippen LogP contribution in [0.3, 0.4) is 0 Å². The molecule has 2 aromatic rings. The zero-order valence-corrected chi connectivity index (χ0v) is 15.1. The molecule has 2 aromatic carbocycles. The second-order valence-corrected chi connectivity index (χ2v) is 6.19. The van der Waals surface area contributed by atoms with Gasteiger partial charge in [0.1, 0.15) is 0 Å². The molecule has 1 amide bonds. The number of nitrogens with zero attached hydrogens (tertiary/aromatic N) is 1. The predicted octanol–water partition coefficient (Wildman–Crippen LogP) is 4.70. The van der Waals surface area contributed by atoms with Gasteiger partial charge in [0, 0.05) is 0 Å². The van der Waals surface area contributed by atoms with Gasteiger partial charge >= 0.3 is 5.97 Å². The minimum atomic E-state index is -1.08. The SMILES string of the molecule is CC(OC(=O)c1ccc(C#N)cc1)C(=O)Nc1cc(Cl)c(Cl)cc1Cl. The third-order valence-corrected chi connectivity index (χ3v) is 4.21. The molecular formula is C17H11Cl3N2O3. The Morgan fingerprint density at radius 2 is 1.68 bits per heavy atom. The van der Waals surface area contributed by atoms with Crippen LogP contribution in [0.1, 0.15) is 22.8 Å². The van der Waals surface area contributed by atoms with Crippen LogP contribution in [0.5, 0.6) is 0 Å². The molecule has 1 unspecified atom stereocenters. The number of esters is 1. The second kappa shape index (κ2) is 8.21. The van der Waals surface area contributed by atoms with Crippen LogP contribution in [0.15, 0.2) is 36.4 Å². The lowest BCUT2D eigenvalue weighted by atomic mass is 10.1. The van der Waals surface area contributed by atoms with E-state index in [0.717, 1.165) is 0 Å². The summed E-state index contributed by atoms with van der Waals surface area (Å²) in [6, 6.07) is 10.6. The van der Waals surface area contributed by atoms with Crippen LogP contribution in [0.25, 0.3) is 0 Å². The molecule has 2 rings (SSSR count). The van der Waals surface area contributed by atoms with Gasteiger partial charge in [-0.3, -0.25) is 4.79 Å². The fourth-order valence-electron chi connectivity index (χ4n) is 1.82. The maximum absolute atomic E-state index is 12.2. The van der Waals surface area contributed by atoms with E-state index in [9.17, 15) is 9.59 Å². The van der Waals surface area contributed by atoms with E-state index in [2.05, 4.69) is 5.32 Å². The van der Waals surface area contributed by atoms with Gasteiger partial charge in [0.25, 0.3) is 5.91 Å². The first-order valence-electron chi connectivity index (χ1n) is 6.98. The summed E-state index contributed by atoms with van der Waals surface area (Å²) in [5.41, 5.74) is 0.894. The van der Waals surface area contributed by atoms with Crippen molar-refractivity contribution in [2.45, 2.75) is 13.0 Å². The number of benzene rings is 2. The normalized spacial score (nSPS) is 11.3. The van der Waals surface area contributed by atoms with Crippen LogP contribution in [0, 0.1) is 11.3 Å². The molecule has 0 fully saturated rings. The first kappa shape index (κ1) is 19.1. The van der Waals surface area contributed by atoms with E-state index in [4.69, 9.17) is 44.8 Å². The lowest BCUT2D eigenvalue weighted by Crippen LogP contribution is -2.30. The Labute approximate surface area is 159 Å². The minimum Gasteiger partial charge on any atom is -0.449 e. The molecule has 0 saturated heterocycles. The standard InChI is InChI=1S/C17H11Cl3N2O3/c1-9(25-17(24)11-4-2-10(8-21)3-5-11)16(23)22-15-7-13(19)12(18)6-14(15)20/h2-7,9H,1H3,(H,22,23). The zero-order chi connectivity index (χ0) is 18.6. The molecule has 0 aromatic heterocycles. The van der Waals surface area contributed by atoms with Crippen molar-refractivity contribution < 1.29 is 14.3 Å². The number of hydrogen-bond acceptors (Lipinski definition) is 4. The van der Waals surface area contributed by atoms with Crippen molar-refractivity contribution in [3.63, 3.8) is 0 Å². The van der Waals surface area contributed by atoms with Gasteiger partial charge in [-0.15, -0.1) is 0 Å². The van der Waals surface area contributed by atoms with Gasteiger partial charge in [0.05, 0.1) is 38.0 Å². The summed E-state index contributed by atoms with van der Waals surface area (Å²) in [5.74, 6) is -1.27. The molecular weight excluding hydrogens is 387 g/mol. The van der Waals surface area contributed by atoms with Crippen LogP contribution in [-0.4, -0.2) is 18.0 Å². The molecule has 0 aliphatic heterocycles. The topological polar surface area (TPSA) is 79.2 Å². The monoisotopic (exact) mass is 396 g/mol. The number of nitrogens with one attached hydrogen (secondary N) is 1. The zero-order valence-electron chi connectivity index (χ0n) is 12.8. The number of amides is 1. The Morgan fingerprint density at radius 1 is 1.08 bits per heavy atom. The van der Waals surface area contributed by atoms with E-state index < -0.39 is 18.0 Å². The van der Waals surface area contributed by atoms with E-state index in [1.54, 1.807) is 0 Å². The van der Waals surface area contributed by atoms with E-state index in [1.165, 1.54) is 43.3 Å². The molecule has 0 saturated carbocycles. The molecule has 0 heterocycles. The molecule has 128 valence electrons. The fourth-order valence-corrected chi connectivity index (χ4v) is 2.41. The highest BCUT2D eigenvalue weighted by Crippen LogP contribution is 2.32. The average Bonchev–Trinajstić information content (AvgIpc) is 2.59. The third-order valence-electron chi connectivity index (χ3n) is 3.17. The Bertz CT molecular complexity index is 861. The number of ether oxygens (including phenoxy) is 1. The van der Waals surface area contributed by atoms with Crippen molar-refractivity contribution in [1.29, 1.82) is 5.26 Å². The molecule has 0 radical (unpaired) electrons. The largest absolute Gasteiger partial charge is 0.449 e. The summed E-state index contributed by atoms with van der Waals surface area (Å²) >= 11 is 17.7. The molecule has 8 heteroatoms. The molecule has 25 heavy (non-hydrogen) atoms. The predicted molar refractivity (Wildman–Crippen MR) is 96.1 cm³/mol. The maximum Gasteiger partial charge on any atom is 0.338 e. The molecule has 5 nitrogen and oxygen atoms in total. The number of rotatable bonds is 4. The highest BCUT2D eigenvalue weighted by Gasteiger charge is 2.20. The quantitative estimate of drug-likeness (QED) is 0.599. The summed E-state index contributed by atoms with van der Waals surface area (Å²) < 4.78 is 5.10. The molecule has 0 aliphatic carbocycles. The Balaban J connectivity index is 2.03. The van der Waals surface area contributed by atoms with E-state index in [1.807, 2.05) is 6.07 Å². The van der Waals surface area contributed by atoms with E-state index in [0.29, 0.717) is 5.56 Å². The number of halogens is 3. The first-order chi connectivity index (χ1) is 11.8. The van der Waals surface area contributed by atoms with E-state index >= 15 is 0 Å². The Kier molecular flexibility index (Phi) is 6.27. The van der Waals surface area contributed by atoms with Gasteiger partial charge in [0.2, 0.25) is 0 Å². The molecule has 0 bridgehead atoms. The summed E-state index contributed by atoms with van der Waals surface area (Å²) in [5, 5.41) is 11.9. The number of carbonyl (C=O) groups is 2. The van der Waals surface area contributed by atoms with Crippen LogP contribution in [0.2, 0.25) is 15.1 Å². The minimum absolute atomic E-state index is 0.202. The first-order valence-corrected chi connectivity index (χ1v) is 8.11. The summed E-state index contributed by atoms with van der Waals surface area (Å²) in [4.78, 5) is 24.2. The average molecular weight is 398 g/mol. The van der Waals surface area contributed by atoms with Crippen molar-refractivity contribution in [1.82, 2.24) is 0 Å². The van der Waals surface area contributed by atoms with Gasteiger partial charge in [-0.1, -0.05) is 34.8 Å². The van der Waals surface area contributed by atoms with Gasteiger partial charge in [-0.2, -0.15) is 5.26 Å². The maximum atomic E-state index is 12.2. The molecule has 1 atom stereocenters. The van der Waals surface area contributed by atoms with Crippen molar-refractivity contribution in [3.05, 3.63) is 62.6 Å². The molecule has 0 spiro atoms. The molecule has 1 N–H and O–H groups in total. The van der Waals surface area contributed by atoms with Crippen LogP contribution >= 0.6 is 34.8 Å². The summed E-state index contributed by atoms with van der Waals surface area (Å²) in [7, 11) is 0.